The van der Waals surface area contributed by atoms with E-state index < -0.39 is 5.60 Å². The van der Waals surface area contributed by atoms with E-state index in [1.54, 1.807) is 11.9 Å². The Morgan fingerprint density at radius 3 is 2.67 bits per heavy atom. The van der Waals surface area contributed by atoms with Crippen LogP contribution in [0.2, 0.25) is 0 Å². The summed E-state index contributed by atoms with van der Waals surface area (Å²) >= 11 is 0. The number of hydrogen-bond donors (Lipinski definition) is 0. The van der Waals surface area contributed by atoms with Crippen LogP contribution >= 0.6 is 0 Å². The average molecular weight is 333 g/mol. The second kappa shape index (κ2) is 10.0. The van der Waals surface area contributed by atoms with Gasteiger partial charge in [-0.25, -0.2) is 4.79 Å². The van der Waals surface area contributed by atoms with Gasteiger partial charge in [-0.15, -0.1) is 0 Å². The number of unbranched alkanes of at least 4 members (excludes halogenated alkanes) is 2. The van der Waals surface area contributed by atoms with Gasteiger partial charge in [-0.05, 0) is 44.9 Å². The van der Waals surface area contributed by atoms with Crippen molar-refractivity contribution < 1.29 is 14.3 Å². The summed E-state index contributed by atoms with van der Waals surface area (Å²) < 4.78 is 11.1. The number of likely N-dealkylation sites (N-methyl/N-ethyl adjacent to an activating group) is 1. The maximum Gasteiger partial charge on any atom is 0.410 e. The largest absolute Gasteiger partial charge is 0.494 e. The highest BCUT2D eigenvalue weighted by atomic mass is 16.6. The highest BCUT2D eigenvalue weighted by molar-refractivity contribution is 5.68. The highest BCUT2D eigenvalue weighted by Crippen LogP contribution is 2.15. The summed E-state index contributed by atoms with van der Waals surface area (Å²) in [7, 11) is 1.73. The molecule has 0 aliphatic rings. The van der Waals surface area contributed by atoms with Gasteiger partial charge in [0.1, 0.15) is 11.4 Å². The molecule has 4 heteroatoms. The van der Waals surface area contributed by atoms with Crippen LogP contribution < -0.4 is 4.74 Å². The quantitative estimate of drug-likeness (QED) is 0.619. The molecule has 1 rings (SSSR count). The minimum absolute atomic E-state index is 0.319. The Hall–Kier alpha value is -1.97. The Bertz CT molecular complexity index is 532. The second-order valence-electron chi connectivity index (χ2n) is 6.89. The van der Waals surface area contributed by atoms with Crippen molar-refractivity contribution in [3.8, 4) is 5.75 Å². The fourth-order valence-electron chi connectivity index (χ4n) is 2.01. The minimum Gasteiger partial charge on any atom is -0.494 e. The van der Waals surface area contributed by atoms with Crippen LogP contribution in [-0.2, 0) is 4.74 Å². The van der Waals surface area contributed by atoms with E-state index in [9.17, 15) is 4.79 Å². The Kier molecular flexibility index (Phi) is 8.37. The van der Waals surface area contributed by atoms with Crippen LogP contribution in [0.3, 0.4) is 0 Å². The Balaban J connectivity index is 2.47. The number of hydrogen-bond acceptors (Lipinski definition) is 3. The van der Waals surface area contributed by atoms with Gasteiger partial charge in [0, 0.05) is 13.6 Å². The Morgan fingerprint density at radius 1 is 1.25 bits per heavy atom. The monoisotopic (exact) mass is 333 g/mol. The third-order valence-electron chi connectivity index (χ3n) is 3.27. The molecule has 134 valence electrons. The topological polar surface area (TPSA) is 38.8 Å². The lowest BCUT2D eigenvalue weighted by Gasteiger charge is -2.23. The van der Waals surface area contributed by atoms with Gasteiger partial charge >= 0.3 is 6.09 Å². The van der Waals surface area contributed by atoms with E-state index in [-0.39, 0.29) is 6.09 Å². The van der Waals surface area contributed by atoms with E-state index in [1.165, 1.54) is 12.8 Å². The number of nitrogens with zero attached hydrogens (tertiary/aromatic N) is 1. The van der Waals surface area contributed by atoms with Crippen molar-refractivity contribution >= 4 is 12.2 Å². The van der Waals surface area contributed by atoms with Gasteiger partial charge in [0.2, 0.25) is 0 Å². The van der Waals surface area contributed by atoms with Gasteiger partial charge in [-0.3, -0.25) is 0 Å². The molecule has 0 saturated heterocycles. The predicted octanol–water partition coefficient (Wildman–Crippen LogP) is 5.14. The third kappa shape index (κ3) is 8.61. The van der Waals surface area contributed by atoms with E-state index in [0.717, 1.165) is 24.3 Å². The van der Waals surface area contributed by atoms with Gasteiger partial charge in [0.25, 0.3) is 0 Å². The van der Waals surface area contributed by atoms with Crippen LogP contribution in [0.1, 0.15) is 52.5 Å². The molecule has 0 aromatic heterocycles. The molecular weight excluding hydrogens is 302 g/mol. The van der Waals surface area contributed by atoms with Crippen molar-refractivity contribution in [2.75, 3.05) is 20.2 Å². The van der Waals surface area contributed by atoms with Crippen molar-refractivity contribution in [2.45, 2.75) is 52.6 Å². The SMILES string of the molecule is CCCCCOc1cccc(/C=C/CN(C)C(=O)OC(C)(C)C)c1. The van der Waals surface area contributed by atoms with Crippen molar-refractivity contribution in [1.82, 2.24) is 4.90 Å². The first-order chi connectivity index (χ1) is 11.3. The van der Waals surface area contributed by atoms with E-state index in [1.807, 2.05) is 57.2 Å². The first-order valence-corrected chi connectivity index (χ1v) is 8.65. The maximum atomic E-state index is 11.9. The smallest absolute Gasteiger partial charge is 0.410 e. The van der Waals surface area contributed by atoms with Crippen molar-refractivity contribution in [3.63, 3.8) is 0 Å². The average Bonchev–Trinajstić information content (AvgIpc) is 2.50. The standard InChI is InChI=1S/C20H31NO3/c1-6-7-8-15-23-18-13-9-11-17(16-18)12-10-14-21(5)19(22)24-20(2,3)4/h9-13,16H,6-8,14-15H2,1-5H3/b12-10+. The number of ether oxygens (including phenoxy) is 2. The second-order valence-corrected chi connectivity index (χ2v) is 6.89. The number of rotatable bonds is 8. The van der Waals surface area contributed by atoms with Crippen LogP contribution in [-0.4, -0.2) is 36.8 Å². The summed E-state index contributed by atoms with van der Waals surface area (Å²) in [5, 5.41) is 0. The fourth-order valence-corrected chi connectivity index (χ4v) is 2.01. The molecule has 0 fully saturated rings. The Morgan fingerprint density at radius 2 is 2.00 bits per heavy atom. The van der Waals surface area contributed by atoms with E-state index in [4.69, 9.17) is 9.47 Å². The van der Waals surface area contributed by atoms with Gasteiger partial charge in [-0.2, -0.15) is 0 Å². The number of carbonyl (C=O) groups is 1. The van der Waals surface area contributed by atoms with E-state index in [2.05, 4.69) is 6.92 Å². The summed E-state index contributed by atoms with van der Waals surface area (Å²) in [5.74, 6) is 0.883. The predicted molar refractivity (Wildman–Crippen MR) is 99.4 cm³/mol. The summed E-state index contributed by atoms with van der Waals surface area (Å²) in [6.07, 6.45) is 7.07. The van der Waals surface area contributed by atoms with E-state index >= 15 is 0 Å². The Labute approximate surface area is 146 Å². The fraction of sp³-hybridized carbons (Fsp3) is 0.550. The summed E-state index contributed by atoms with van der Waals surface area (Å²) in [5.41, 5.74) is 0.582. The molecule has 0 spiro atoms. The molecule has 0 unspecified atom stereocenters. The molecule has 0 radical (unpaired) electrons. The van der Waals surface area contributed by atoms with Crippen LogP contribution in [0.25, 0.3) is 6.08 Å². The minimum atomic E-state index is -0.474. The molecule has 4 nitrogen and oxygen atoms in total. The van der Waals surface area contributed by atoms with Crippen molar-refractivity contribution in [2.24, 2.45) is 0 Å². The molecule has 0 bridgehead atoms. The summed E-state index contributed by atoms with van der Waals surface area (Å²) in [6, 6.07) is 7.97. The molecular formula is C20H31NO3. The highest BCUT2D eigenvalue weighted by Gasteiger charge is 2.18. The maximum absolute atomic E-state index is 11.9. The normalized spacial score (nSPS) is 11.5. The molecule has 0 N–H and O–H groups in total. The molecule has 1 amide bonds. The first-order valence-electron chi connectivity index (χ1n) is 8.65. The van der Waals surface area contributed by atoms with Crippen LogP contribution in [0.4, 0.5) is 4.79 Å². The van der Waals surface area contributed by atoms with Crippen LogP contribution in [0, 0.1) is 0 Å². The zero-order chi connectivity index (χ0) is 18.0. The van der Waals surface area contributed by atoms with Gasteiger partial charge in [0.05, 0.1) is 6.61 Å². The lowest BCUT2D eigenvalue weighted by Crippen LogP contribution is -2.34. The summed E-state index contributed by atoms with van der Waals surface area (Å²) in [6.45, 7) is 9.01. The van der Waals surface area contributed by atoms with E-state index in [0.29, 0.717) is 6.54 Å². The molecule has 1 aromatic carbocycles. The van der Waals surface area contributed by atoms with Crippen molar-refractivity contribution in [1.29, 1.82) is 0 Å². The van der Waals surface area contributed by atoms with Gasteiger partial charge < -0.3 is 14.4 Å². The number of carbonyl (C=O) groups excluding carboxylic acids is 1. The van der Waals surface area contributed by atoms with Crippen LogP contribution in [0.5, 0.6) is 5.75 Å². The van der Waals surface area contributed by atoms with Crippen molar-refractivity contribution in [3.05, 3.63) is 35.9 Å². The zero-order valence-corrected chi connectivity index (χ0v) is 15.7. The lowest BCUT2D eigenvalue weighted by atomic mass is 10.2. The number of amides is 1. The molecule has 0 aliphatic heterocycles. The van der Waals surface area contributed by atoms with Gasteiger partial charge in [-0.1, -0.05) is 44.1 Å². The van der Waals surface area contributed by atoms with Crippen LogP contribution in [0.15, 0.2) is 30.3 Å². The summed E-state index contributed by atoms with van der Waals surface area (Å²) in [4.78, 5) is 13.4. The molecule has 0 atom stereocenters. The molecule has 1 aromatic rings. The molecule has 0 saturated carbocycles. The zero-order valence-electron chi connectivity index (χ0n) is 15.7. The molecule has 0 heterocycles. The first kappa shape index (κ1) is 20.1. The lowest BCUT2D eigenvalue weighted by molar-refractivity contribution is 0.0318. The van der Waals surface area contributed by atoms with Gasteiger partial charge in [0.15, 0.2) is 0 Å². The molecule has 0 aliphatic carbocycles. The number of benzene rings is 1. The molecule has 24 heavy (non-hydrogen) atoms. The third-order valence-corrected chi connectivity index (χ3v) is 3.27.